The second-order valence-corrected chi connectivity index (χ2v) is 22.0. The summed E-state index contributed by atoms with van der Waals surface area (Å²) in [6.07, 6.45) is 52.2. The van der Waals surface area contributed by atoms with Gasteiger partial charge >= 0.3 is 16.4 Å². The predicted molar refractivity (Wildman–Crippen MR) is 294 cm³/mol. The van der Waals surface area contributed by atoms with E-state index in [1.807, 2.05) is 0 Å². The summed E-state index contributed by atoms with van der Waals surface area (Å²) in [7, 11) is -5.07. The lowest BCUT2D eigenvalue weighted by Crippen LogP contribution is -2.60. The van der Waals surface area contributed by atoms with Crippen LogP contribution in [0.3, 0.4) is 0 Å². The number of aliphatic hydroxyl groups is 3. The number of carbonyl (C=O) groups is 1. The van der Waals surface area contributed by atoms with Gasteiger partial charge in [-0.25, -0.2) is 4.18 Å². The third-order valence-electron chi connectivity index (χ3n) is 14.0. The maximum absolute atomic E-state index is 13.0. The average Bonchev–Trinajstić information content (AvgIpc) is 3.36. The van der Waals surface area contributed by atoms with Crippen LogP contribution in [0.15, 0.2) is 24.3 Å². The Bertz CT molecular complexity index is 1340. The Kier molecular flexibility index (Phi) is 48.0. The predicted octanol–water partition coefficient (Wildman–Crippen LogP) is 15.1. The van der Waals surface area contributed by atoms with Crippen LogP contribution in [0.25, 0.3) is 0 Å². The van der Waals surface area contributed by atoms with Gasteiger partial charge in [0.25, 0.3) is 0 Å². The molecule has 0 aromatic carbocycles. The normalized spacial score (nSPS) is 19.0. The molecule has 72 heavy (non-hydrogen) atoms. The first-order chi connectivity index (χ1) is 35.1. The van der Waals surface area contributed by atoms with Gasteiger partial charge < -0.3 is 34.3 Å². The number of allylic oxidation sites excluding steroid dienone is 4. The Morgan fingerprint density at radius 3 is 1.25 bits per heavy atom. The summed E-state index contributed by atoms with van der Waals surface area (Å²) < 4.78 is 59.5. The fraction of sp³-hybridized carbons (Fsp3) is 0.915. The zero-order valence-corrected chi connectivity index (χ0v) is 47.1. The van der Waals surface area contributed by atoms with Crippen LogP contribution in [0.2, 0.25) is 0 Å². The van der Waals surface area contributed by atoms with Crippen molar-refractivity contribution in [2.75, 3.05) is 26.4 Å². The Labute approximate surface area is 441 Å². The number of esters is 1. The minimum absolute atomic E-state index is 0.0392. The molecule has 1 aliphatic heterocycles. The number of ether oxygens (including phenoxy) is 4. The van der Waals surface area contributed by atoms with Crippen LogP contribution in [-0.2, 0) is 38.3 Å². The van der Waals surface area contributed by atoms with Crippen LogP contribution >= 0.6 is 0 Å². The van der Waals surface area contributed by atoms with Gasteiger partial charge in [0.2, 0.25) is 0 Å². The first-order valence-corrected chi connectivity index (χ1v) is 31.5. The molecule has 0 saturated carbocycles. The van der Waals surface area contributed by atoms with Gasteiger partial charge in [0.1, 0.15) is 30.5 Å². The number of hydrogen-bond donors (Lipinski definition) is 4. The molecule has 1 fully saturated rings. The zero-order chi connectivity index (χ0) is 52.4. The van der Waals surface area contributed by atoms with E-state index in [1.54, 1.807) is 0 Å². The average molecular weight is 1050 g/mol. The van der Waals surface area contributed by atoms with Crippen molar-refractivity contribution in [1.82, 2.24) is 0 Å². The highest BCUT2D eigenvalue weighted by Gasteiger charge is 2.48. The zero-order valence-electron chi connectivity index (χ0n) is 46.3. The van der Waals surface area contributed by atoms with Gasteiger partial charge in [-0.2, -0.15) is 8.42 Å². The van der Waals surface area contributed by atoms with E-state index in [2.05, 4.69) is 42.3 Å². The van der Waals surface area contributed by atoms with Gasteiger partial charge in [-0.3, -0.25) is 9.35 Å². The van der Waals surface area contributed by atoms with E-state index in [-0.39, 0.29) is 19.6 Å². The monoisotopic (exact) mass is 1040 g/mol. The number of hydrogen-bond acceptors (Lipinski definition) is 11. The topological polar surface area (TPSA) is 178 Å². The van der Waals surface area contributed by atoms with Crippen LogP contribution in [0.1, 0.15) is 284 Å². The Morgan fingerprint density at radius 2 is 0.875 bits per heavy atom. The molecule has 0 spiro atoms. The SMILES string of the molecule is CCCCCCCC/C=C\CCCCCCCCCCCCOCC(COC1OC(CO)C(O)C(OS(=O)(=O)O)C1O)OC(=O)CCCCCCCCCCCCCCC/C=C\CCCCCCCCCC. The Balaban J connectivity index is 2.26. The maximum Gasteiger partial charge on any atom is 0.397 e. The second-order valence-electron chi connectivity index (χ2n) is 20.9. The molecule has 0 bridgehead atoms. The van der Waals surface area contributed by atoms with E-state index in [0.717, 1.165) is 38.5 Å². The third kappa shape index (κ3) is 42.8. The van der Waals surface area contributed by atoms with E-state index in [4.69, 9.17) is 18.9 Å². The van der Waals surface area contributed by atoms with Gasteiger partial charge in [-0.05, 0) is 64.2 Å². The van der Waals surface area contributed by atoms with Crippen LogP contribution in [0.4, 0.5) is 0 Å². The van der Waals surface area contributed by atoms with Crippen molar-refractivity contribution in [3.63, 3.8) is 0 Å². The molecule has 12 nitrogen and oxygen atoms in total. The molecule has 0 amide bonds. The van der Waals surface area contributed by atoms with Crippen LogP contribution in [-0.4, -0.2) is 97.5 Å². The lowest BCUT2D eigenvalue weighted by atomic mass is 9.99. The number of unbranched alkanes of at least 4 members (excludes halogenated alkanes) is 37. The molecule has 1 heterocycles. The fourth-order valence-electron chi connectivity index (χ4n) is 9.49. The van der Waals surface area contributed by atoms with E-state index in [9.17, 15) is 33.1 Å². The van der Waals surface area contributed by atoms with Gasteiger partial charge in [-0.15, -0.1) is 0 Å². The number of carbonyl (C=O) groups excluding carboxylic acids is 1. The molecule has 0 aromatic heterocycles. The molecule has 13 heteroatoms. The van der Waals surface area contributed by atoms with Crippen molar-refractivity contribution in [3.8, 4) is 0 Å². The van der Waals surface area contributed by atoms with Crippen molar-refractivity contribution >= 4 is 16.4 Å². The molecule has 1 aliphatic rings. The van der Waals surface area contributed by atoms with Gasteiger partial charge in [0.05, 0.1) is 19.8 Å². The second kappa shape index (κ2) is 50.4. The molecule has 1 rings (SSSR count). The fourth-order valence-corrected chi connectivity index (χ4v) is 10.00. The summed E-state index contributed by atoms with van der Waals surface area (Å²) in [4.78, 5) is 13.0. The summed E-state index contributed by atoms with van der Waals surface area (Å²) >= 11 is 0. The summed E-state index contributed by atoms with van der Waals surface area (Å²) in [6.45, 7) is 4.05. The summed E-state index contributed by atoms with van der Waals surface area (Å²) in [5.41, 5.74) is 0. The molecule has 6 atom stereocenters. The maximum atomic E-state index is 13.0. The lowest BCUT2D eigenvalue weighted by Gasteiger charge is -2.41. The molecule has 0 aromatic rings. The van der Waals surface area contributed by atoms with E-state index in [1.165, 1.54) is 218 Å². The molecule has 1 saturated heterocycles. The molecule has 0 radical (unpaired) electrons. The molecular weight excluding hydrogens is 933 g/mol. The van der Waals surface area contributed by atoms with Gasteiger partial charge in [-0.1, -0.05) is 237 Å². The Morgan fingerprint density at radius 1 is 0.514 bits per heavy atom. The smallest absolute Gasteiger partial charge is 0.397 e. The highest BCUT2D eigenvalue weighted by molar-refractivity contribution is 7.80. The summed E-state index contributed by atoms with van der Waals surface area (Å²) in [6, 6.07) is 0. The van der Waals surface area contributed by atoms with Crippen LogP contribution < -0.4 is 0 Å². The quantitative estimate of drug-likeness (QED) is 0.0196. The van der Waals surface area contributed by atoms with E-state index >= 15 is 0 Å². The number of rotatable bonds is 54. The third-order valence-corrected chi connectivity index (χ3v) is 14.5. The van der Waals surface area contributed by atoms with Crippen molar-refractivity contribution in [3.05, 3.63) is 24.3 Å². The highest BCUT2D eigenvalue weighted by Crippen LogP contribution is 2.26. The van der Waals surface area contributed by atoms with Crippen molar-refractivity contribution in [2.45, 2.75) is 320 Å². The molecular formula is C59H112O12S. The largest absolute Gasteiger partial charge is 0.457 e. The first-order valence-electron chi connectivity index (χ1n) is 30.1. The Hall–Kier alpha value is -1.42. The molecule has 426 valence electrons. The van der Waals surface area contributed by atoms with Crippen LogP contribution in [0.5, 0.6) is 0 Å². The first kappa shape index (κ1) is 68.6. The number of aliphatic hydroxyl groups excluding tert-OH is 3. The molecule has 4 N–H and O–H groups in total. The van der Waals surface area contributed by atoms with Gasteiger partial charge in [0, 0.05) is 13.0 Å². The van der Waals surface area contributed by atoms with E-state index < -0.39 is 59.8 Å². The minimum Gasteiger partial charge on any atom is -0.457 e. The lowest BCUT2D eigenvalue weighted by molar-refractivity contribution is -0.301. The standard InChI is InChI=1S/C59H112O12S/c1-3-5-7-9-11-13-15-17-19-21-23-25-26-27-28-29-30-32-34-36-38-40-42-44-46-48-55(61)69-53(52-68-59-57(63)58(71-72(64,65)66)56(62)54(50-60)70-59)51-67-49-47-45-43-41-39-37-35-33-31-24-22-20-18-16-14-12-10-8-6-4-2/h18,20-21,23,53-54,56-60,62-63H,3-17,19,22,24-52H2,1-2H3,(H,64,65,66)/b20-18-,23-21-. The molecule has 0 aliphatic carbocycles. The highest BCUT2D eigenvalue weighted by atomic mass is 32.3. The van der Waals surface area contributed by atoms with E-state index in [0.29, 0.717) is 13.0 Å². The van der Waals surface area contributed by atoms with Crippen molar-refractivity contribution in [1.29, 1.82) is 0 Å². The summed E-state index contributed by atoms with van der Waals surface area (Å²) in [5.74, 6) is -0.394. The summed E-state index contributed by atoms with van der Waals surface area (Å²) in [5, 5.41) is 30.9. The van der Waals surface area contributed by atoms with Crippen molar-refractivity contribution in [2.24, 2.45) is 0 Å². The van der Waals surface area contributed by atoms with Crippen molar-refractivity contribution < 1.29 is 56.2 Å². The minimum atomic E-state index is -5.07. The van der Waals surface area contributed by atoms with Gasteiger partial charge in [0.15, 0.2) is 6.29 Å². The molecule has 6 unspecified atom stereocenters. The van der Waals surface area contributed by atoms with Crippen LogP contribution in [0, 0.1) is 0 Å².